The van der Waals surface area contributed by atoms with Crippen LogP contribution in [-0.4, -0.2) is 18.5 Å². The van der Waals surface area contributed by atoms with E-state index in [-0.39, 0.29) is 0 Å². The second kappa shape index (κ2) is 5.78. The van der Waals surface area contributed by atoms with E-state index in [1.807, 2.05) is 0 Å². The molecule has 0 aromatic carbocycles. The van der Waals surface area contributed by atoms with E-state index >= 15 is 0 Å². The number of rotatable bonds is 4. The Kier molecular flexibility index (Phi) is 4.97. The van der Waals surface area contributed by atoms with E-state index in [1.165, 1.54) is 12.8 Å². The lowest BCUT2D eigenvalue weighted by Crippen LogP contribution is -2.42. The van der Waals surface area contributed by atoms with Crippen molar-refractivity contribution in [1.82, 2.24) is 5.32 Å². The minimum absolute atomic E-state index is 0.309. The first-order valence-electron chi connectivity index (χ1n) is 6.05. The standard InChI is InChI=1S/C12H23F2N/c1-8(2)10-4-6-11(7-5-10)15-9(3)12(13)14/h8-12,15H,4-7H2,1-3H3. The molecule has 0 aromatic heterocycles. The van der Waals surface area contributed by atoms with Crippen molar-refractivity contribution in [3.8, 4) is 0 Å². The van der Waals surface area contributed by atoms with Crippen LogP contribution in [0.4, 0.5) is 8.78 Å². The van der Waals surface area contributed by atoms with Crippen molar-refractivity contribution in [2.45, 2.75) is 65.0 Å². The SMILES string of the molecule is CC(C)C1CCC(NC(C)C(F)F)CC1. The summed E-state index contributed by atoms with van der Waals surface area (Å²) in [6, 6.07) is -0.352. The summed E-state index contributed by atoms with van der Waals surface area (Å²) in [5.74, 6) is 1.53. The van der Waals surface area contributed by atoms with Crippen LogP contribution in [-0.2, 0) is 0 Å². The average molecular weight is 219 g/mol. The molecule has 0 amide bonds. The van der Waals surface area contributed by atoms with Gasteiger partial charge in [0.05, 0.1) is 6.04 Å². The lowest BCUT2D eigenvalue weighted by Gasteiger charge is -2.32. The van der Waals surface area contributed by atoms with Gasteiger partial charge in [0.2, 0.25) is 0 Å². The Morgan fingerprint density at radius 3 is 1.93 bits per heavy atom. The van der Waals surface area contributed by atoms with Crippen LogP contribution in [0, 0.1) is 11.8 Å². The molecule has 0 aliphatic heterocycles. The number of hydrogen-bond acceptors (Lipinski definition) is 1. The van der Waals surface area contributed by atoms with Crippen molar-refractivity contribution in [2.75, 3.05) is 0 Å². The first-order valence-corrected chi connectivity index (χ1v) is 6.05. The number of hydrogen-bond donors (Lipinski definition) is 1. The number of halogens is 2. The van der Waals surface area contributed by atoms with Crippen molar-refractivity contribution in [3.63, 3.8) is 0 Å². The van der Waals surface area contributed by atoms with Crippen LogP contribution in [0.3, 0.4) is 0 Å². The molecule has 0 bridgehead atoms. The number of nitrogens with one attached hydrogen (secondary N) is 1. The summed E-state index contributed by atoms with van der Waals surface area (Å²) in [7, 11) is 0. The largest absolute Gasteiger partial charge is 0.306 e. The molecule has 15 heavy (non-hydrogen) atoms. The minimum Gasteiger partial charge on any atom is -0.306 e. The lowest BCUT2D eigenvalue weighted by molar-refractivity contribution is 0.0926. The molecule has 1 fully saturated rings. The Hall–Kier alpha value is -0.180. The zero-order valence-corrected chi connectivity index (χ0v) is 9.97. The Morgan fingerprint density at radius 1 is 1.00 bits per heavy atom. The van der Waals surface area contributed by atoms with Gasteiger partial charge in [0.15, 0.2) is 0 Å². The normalized spacial score (nSPS) is 29.8. The summed E-state index contributed by atoms with van der Waals surface area (Å²) in [5.41, 5.74) is 0. The van der Waals surface area contributed by atoms with Crippen LogP contribution < -0.4 is 5.32 Å². The van der Waals surface area contributed by atoms with Crippen molar-refractivity contribution >= 4 is 0 Å². The smallest absolute Gasteiger partial charge is 0.253 e. The van der Waals surface area contributed by atoms with E-state index in [0.29, 0.717) is 6.04 Å². The second-order valence-electron chi connectivity index (χ2n) is 5.15. The van der Waals surface area contributed by atoms with E-state index in [1.54, 1.807) is 6.92 Å². The van der Waals surface area contributed by atoms with Crippen LogP contribution >= 0.6 is 0 Å². The molecule has 1 saturated carbocycles. The van der Waals surface area contributed by atoms with Crippen LogP contribution in [0.1, 0.15) is 46.5 Å². The summed E-state index contributed by atoms with van der Waals surface area (Å²) in [6.45, 7) is 6.07. The summed E-state index contributed by atoms with van der Waals surface area (Å²) in [6.07, 6.45) is 2.24. The van der Waals surface area contributed by atoms with E-state index in [4.69, 9.17) is 0 Å². The molecule has 1 N–H and O–H groups in total. The van der Waals surface area contributed by atoms with Crippen LogP contribution in [0.15, 0.2) is 0 Å². The van der Waals surface area contributed by atoms with Gasteiger partial charge < -0.3 is 5.32 Å². The first-order chi connectivity index (χ1) is 7.00. The topological polar surface area (TPSA) is 12.0 Å². The fraction of sp³-hybridized carbons (Fsp3) is 1.00. The Morgan fingerprint density at radius 2 is 1.53 bits per heavy atom. The summed E-state index contributed by atoms with van der Waals surface area (Å²) < 4.78 is 24.7. The molecule has 1 nitrogen and oxygen atoms in total. The van der Waals surface area contributed by atoms with Gasteiger partial charge in [-0.15, -0.1) is 0 Å². The van der Waals surface area contributed by atoms with E-state index in [0.717, 1.165) is 24.7 Å². The van der Waals surface area contributed by atoms with Crippen LogP contribution in [0.2, 0.25) is 0 Å². The van der Waals surface area contributed by atoms with Gasteiger partial charge in [0.25, 0.3) is 6.43 Å². The predicted molar refractivity (Wildman–Crippen MR) is 59.2 cm³/mol. The second-order valence-corrected chi connectivity index (χ2v) is 5.15. The quantitative estimate of drug-likeness (QED) is 0.763. The highest BCUT2D eigenvalue weighted by Gasteiger charge is 2.25. The predicted octanol–water partition coefficient (Wildman–Crippen LogP) is 3.44. The van der Waals surface area contributed by atoms with E-state index < -0.39 is 12.5 Å². The summed E-state index contributed by atoms with van der Waals surface area (Å²) in [4.78, 5) is 0. The summed E-state index contributed by atoms with van der Waals surface area (Å²) >= 11 is 0. The molecule has 0 saturated heterocycles. The van der Waals surface area contributed by atoms with Crippen molar-refractivity contribution in [1.29, 1.82) is 0 Å². The molecule has 1 atom stereocenters. The van der Waals surface area contributed by atoms with Gasteiger partial charge >= 0.3 is 0 Å². The van der Waals surface area contributed by atoms with Gasteiger partial charge in [-0.3, -0.25) is 0 Å². The molecule has 90 valence electrons. The van der Waals surface area contributed by atoms with Crippen molar-refractivity contribution in [3.05, 3.63) is 0 Å². The molecule has 0 aromatic rings. The molecule has 1 aliphatic carbocycles. The maximum absolute atomic E-state index is 12.3. The third-order valence-electron chi connectivity index (χ3n) is 3.59. The van der Waals surface area contributed by atoms with Gasteiger partial charge in [-0.2, -0.15) is 0 Å². The van der Waals surface area contributed by atoms with E-state index in [2.05, 4.69) is 19.2 Å². The molecular weight excluding hydrogens is 196 g/mol. The third kappa shape index (κ3) is 4.06. The van der Waals surface area contributed by atoms with E-state index in [9.17, 15) is 8.78 Å². The molecule has 1 rings (SSSR count). The molecular formula is C12H23F2N. The first kappa shape index (κ1) is 12.9. The van der Waals surface area contributed by atoms with Gasteiger partial charge in [0.1, 0.15) is 0 Å². The van der Waals surface area contributed by atoms with Gasteiger partial charge in [-0.05, 0) is 44.4 Å². The highest BCUT2D eigenvalue weighted by Crippen LogP contribution is 2.30. The fourth-order valence-electron chi connectivity index (χ4n) is 2.40. The third-order valence-corrected chi connectivity index (χ3v) is 3.59. The molecule has 1 aliphatic rings. The van der Waals surface area contributed by atoms with Crippen LogP contribution in [0.25, 0.3) is 0 Å². The van der Waals surface area contributed by atoms with Crippen molar-refractivity contribution in [2.24, 2.45) is 11.8 Å². The summed E-state index contributed by atoms with van der Waals surface area (Å²) in [5, 5.41) is 3.03. The molecule has 0 radical (unpaired) electrons. The highest BCUT2D eigenvalue weighted by atomic mass is 19.3. The lowest BCUT2D eigenvalue weighted by atomic mass is 9.79. The zero-order chi connectivity index (χ0) is 11.4. The maximum atomic E-state index is 12.3. The fourth-order valence-corrected chi connectivity index (χ4v) is 2.40. The van der Waals surface area contributed by atoms with Gasteiger partial charge in [-0.1, -0.05) is 13.8 Å². The monoisotopic (exact) mass is 219 g/mol. The van der Waals surface area contributed by atoms with Crippen molar-refractivity contribution < 1.29 is 8.78 Å². The molecule has 0 heterocycles. The van der Waals surface area contributed by atoms with Gasteiger partial charge in [0, 0.05) is 6.04 Å². The molecule has 0 spiro atoms. The molecule has 1 unspecified atom stereocenters. The average Bonchev–Trinajstić information content (AvgIpc) is 2.18. The highest BCUT2D eigenvalue weighted by molar-refractivity contribution is 4.80. The minimum atomic E-state index is -2.24. The Bertz CT molecular complexity index is 174. The zero-order valence-electron chi connectivity index (χ0n) is 9.97. The maximum Gasteiger partial charge on any atom is 0.253 e. The molecule has 3 heteroatoms. The Labute approximate surface area is 91.6 Å². The van der Waals surface area contributed by atoms with Crippen LogP contribution in [0.5, 0.6) is 0 Å². The van der Waals surface area contributed by atoms with Gasteiger partial charge in [-0.25, -0.2) is 8.78 Å². The number of alkyl halides is 2. The Balaban J connectivity index is 2.25.